The number of piperidine rings is 2. The summed E-state index contributed by atoms with van der Waals surface area (Å²) in [6, 6.07) is 8.52. The quantitative estimate of drug-likeness (QED) is 0.766. The molecule has 1 aromatic rings. The van der Waals surface area contributed by atoms with E-state index in [0.29, 0.717) is 32.5 Å². The third-order valence-corrected chi connectivity index (χ3v) is 7.44. The van der Waals surface area contributed by atoms with E-state index in [4.69, 9.17) is 0 Å². The van der Waals surface area contributed by atoms with Crippen molar-refractivity contribution in [1.29, 1.82) is 0 Å². The number of hydrogen-bond donors (Lipinski definition) is 1. The van der Waals surface area contributed by atoms with Crippen molar-refractivity contribution >= 4 is 15.9 Å². The smallest absolute Gasteiger partial charge is 0.223 e. The summed E-state index contributed by atoms with van der Waals surface area (Å²) in [6.45, 7) is 9.36. The van der Waals surface area contributed by atoms with Gasteiger partial charge in [-0.25, -0.2) is 12.7 Å². The van der Waals surface area contributed by atoms with Crippen molar-refractivity contribution in [3.63, 3.8) is 0 Å². The van der Waals surface area contributed by atoms with Gasteiger partial charge in [-0.2, -0.15) is 0 Å². The average Bonchev–Trinajstić information content (AvgIpc) is 2.66. The number of likely N-dealkylation sites (tertiary alicyclic amines) is 1. The Kier molecular flexibility index (Phi) is 7.35. The fraction of sp³-hybridized carbons (Fsp3) is 0.682. The molecule has 3 rings (SSSR count). The van der Waals surface area contributed by atoms with Crippen molar-refractivity contribution in [3.8, 4) is 0 Å². The van der Waals surface area contributed by atoms with Gasteiger partial charge in [0.05, 0.1) is 6.26 Å². The van der Waals surface area contributed by atoms with Gasteiger partial charge in [-0.05, 0) is 42.2 Å². The molecule has 0 saturated carbocycles. The number of rotatable bonds is 6. The maximum absolute atomic E-state index is 12.4. The van der Waals surface area contributed by atoms with Crippen LogP contribution >= 0.6 is 0 Å². The first-order valence-corrected chi connectivity index (χ1v) is 12.6. The zero-order valence-corrected chi connectivity index (χ0v) is 18.7. The Hall–Kier alpha value is -1.44. The van der Waals surface area contributed by atoms with Crippen LogP contribution in [0.25, 0.3) is 0 Å². The van der Waals surface area contributed by atoms with Gasteiger partial charge in [-0.15, -0.1) is 0 Å². The maximum Gasteiger partial charge on any atom is 0.223 e. The van der Waals surface area contributed by atoms with E-state index in [9.17, 15) is 13.2 Å². The Bertz CT molecular complexity index is 776. The fourth-order valence-corrected chi connectivity index (χ4v) is 5.60. The van der Waals surface area contributed by atoms with Crippen LogP contribution in [0.15, 0.2) is 24.3 Å². The van der Waals surface area contributed by atoms with E-state index < -0.39 is 10.0 Å². The van der Waals surface area contributed by atoms with Gasteiger partial charge < -0.3 is 5.32 Å². The highest BCUT2D eigenvalue weighted by molar-refractivity contribution is 7.88. The number of sulfonamides is 1. The average molecular weight is 422 g/mol. The monoisotopic (exact) mass is 421 g/mol. The SMILES string of the molecule is C[C@@H]1C[C@@H](C)CN(Cc2ccc(CNC(=O)C3CCN(S(C)(=O)=O)CC3)cc2)C1. The summed E-state index contributed by atoms with van der Waals surface area (Å²) in [5.41, 5.74) is 2.41. The zero-order chi connectivity index (χ0) is 21.0. The lowest BCUT2D eigenvalue weighted by Gasteiger charge is -2.35. The Balaban J connectivity index is 1.44. The molecule has 0 radical (unpaired) electrons. The van der Waals surface area contributed by atoms with Crippen LogP contribution in [0.3, 0.4) is 0 Å². The van der Waals surface area contributed by atoms with Crippen molar-refractivity contribution in [2.24, 2.45) is 17.8 Å². The van der Waals surface area contributed by atoms with E-state index in [1.165, 1.54) is 35.6 Å². The largest absolute Gasteiger partial charge is 0.352 e. The normalized spacial score (nSPS) is 25.1. The molecule has 29 heavy (non-hydrogen) atoms. The molecular formula is C22H35N3O3S. The van der Waals surface area contributed by atoms with Crippen LogP contribution in [0.1, 0.15) is 44.2 Å². The van der Waals surface area contributed by atoms with Gasteiger partial charge in [0.1, 0.15) is 0 Å². The molecule has 2 aliphatic rings. The minimum atomic E-state index is -3.15. The first kappa shape index (κ1) is 22.2. The highest BCUT2D eigenvalue weighted by Gasteiger charge is 2.28. The summed E-state index contributed by atoms with van der Waals surface area (Å²) >= 11 is 0. The molecule has 0 spiro atoms. The highest BCUT2D eigenvalue weighted by atomic mass is 32.2. The molecule has 0 aliphatic carbocycles. The molecule has 2 saturated heterocycles. The van der Waals surface area contributed by atoms with Gasteiger partial charge >= 0.3 is 0 Å². The number of carbonyl (C=O) groups is 1. The van der Waals surface area contributed by atoms with Crippen molar-refractivity contribution < 1.29 is 13.2 Å². The van der Waals surface area contributed by atoms with Crippen molar-refractivity contribution in [2.75, 3.05) is 32.4 Å². The predicted molar refractivity (Wildman–Crippen MR) is 116 cm³/mol. The van der Waals surface area contributed by atoms with Gasteiger partial charge in [0.25, 0.3) is 0 Å². The van der Waals surface area contributed by atoms with Gasteiger partial charge in [0, 0.05) is 45.2 Å². The minimum absolute atomic E-state index is 0.0264. The number of nitrogens with one attached hydrogen (secondary N) is 1. The maximum atomic E-state index is 12.4. The number of nitrogens with zero attached hydrogens (tertiary/aromatic N) is 2. The van der Waals surface area contributed by atoms with E-state index in [0.717, 1.165) is 23.9 Å². The molecule has 7 heteroatoms. The molecule has 1 amide bonds. The summed E-state index contributed by atoms with van der Waals surface area (Å²) in [5.74, 6) is 1.45. The summed E-state index contributed by atoms with van der Waals surface area (Å²) in [6.07, 6.45) is 3.72. The standard InChI is InChI=1S/C22H35N3O3S/c1-17-12-18(2)15-24(14-17)16-20-6-4-19(5-7-20)13-23-22(26)21-8-10-25(11-9-21)29(3,27)28/h4-7,17-18,21H,8-16H2,1-3H3,(H,23,26)/t17-,18-/m1/s1. The summed E-state index contributed by atoms with van der Waals surface area (Å²) < 4.78 is 24.6. The van der Waals surface area contributed by atoms with Gasteiger partial charge in [0.2, 0.25) is 15.9 Å². The van der Waals surface area contributed by atoms with E-state index in [2.05, 4.69) is 48.3 Å². The summed E-state index contributed by atoms with van der Waals surface area (Å²) in [4.78, 5) is 15.0. The van der Waals surface area contributed by atoms with Crippen LogP contribution < -0.4 is 5.32 Å². The third kappa shape index (κ3) is 6.52. The molecule has 162 valence electrons. The first-order valence-electron chi connectivity index (χ1n) is 10.7. The second kappa shape index (κ2) is 9.58. The van der Waals surface area contributed by atoms with Crippen LogP contribution in [0, 0.1) is 17.8 Å². The molecule has 0 unspecified atom stereocenters. The molecule has 2 aliphatic heterocycles. The number of hydrogen-bond acceptors (Lipinski definition) is 4. The third-order valence-electron chi connectivity index (χ3n) is 6.13. The van der Waals surface area contributed by atoms with E-state index in [-0.39, 0.29) is 11.8 Å². The first-order chi connectivity index (χ1) is 13.7. The van der Waals surface area contributed by atoms with Crippen molar-refractivity contribution in [2.45, 2.75) is 46.2 Å². The van der Waals surface area contributed by atoms with Crippen LogP contribution in [-0.4, -0.2) is 56.0 Å². The number of carbonyl (C=O) groups excluding carboxylic acids is 1. The number of amides is 1. The molecule has 0 aromatic heterocycles. The molecule has 6 nitrogen and oxygen atoms in total. The van der Waals surface area contributed by atoms with E-state index in [1.54, 1.807) is 0 Å². The fourth-order valence-electron chi connectivity index (χ4n) is 4.73. The summed E-state index contributed by atoms with van der Waals surface area (Å²) in [7, 11) is -3.15. The minimum Gasteiger partial charge on any atom is -0.352 e. The van der Waals surface area contributed by atoms with Gasteiger partial charge in [-0.3, -0.25) is 9.69 Å². The van der Waals surface area contributed by atoms with Crippen molar-refractivity contribution in [1.82, 2.24) is 14.5 Å². The number of benzene rings is 1. The van der Waals surface area contributed by atoms with Crippen LogP contribution in [-0.2, 0) is 27.9 Å². The lowest BCUT2D eigenvalue weighted by Crippen LogP contribution is -2.42. The van der Waals surface area contributed by atoms with Gasteiger partial charge in [-0.1, -0.05) is 38.1 Å². The Morgan fingerprint density at radius 3 is 2.14 bits per heavy atom. The Morgan fingerprint density at radius 2 is 1.59 bits per heavy atom. The van der Waals surface area contributed by atoms with Crippen LogP contribution in [0.4, 0.5) is 0 Å². The summed E-state index contributed by atoms with van der Waals surface area (Å²) in [5, 5.41) is 3.02. The molecule has 2 atom stereocenters. The van der Waals surface area contributed by atoms with E-state index >= 15 is 0 Å². The van der Waals surface area contributed by atoms with Crippen LogP contribution in [0.2, 0.25) is 0 Å². The second-order valence-corrected chi connectivity index (χ2v) is 11.1. The molecule has 1 aromatic carbocycles. The lowest BCUT2D eigenvalue weighted by atomic mass is 9.91. The Labute approximate surface area is 175 Å². The molecular weight excluding hydrogens is 386 g/mol. The predicted octanol–water partition coefficient (Wildman–Crippen LogP) is 2.45. The van der Waals surface area contributed by atoms with E-state index in [1.807, 2.05) is 0 Å². The molecule has 1 N–H and O–H groups in total. The molecule has 2 fully saturated rings. The highest BCUT2D eigenvalue weighted by Crippen LogP contribution is 2.23. The zero-order valence-electron chi connectivity index (χ0n) is 17.9. The Morgan fingerprint density at radius 1 is 1.03 bits per heavy atom. The molecule has 2 heterocycles. The lowest BCUT2D eigenvalue weighted by molar-refractivity contribution is -0.126. The topological polar surface area (TPSA) is 69.7 Å². The van der Waals surface area contributed by atoms with Crippen LogP contribution in [0.5, 0.6) is 0 Å². The molecule has 0 bridgehead atoms. The second-order valence-electron chi connectivity index (χ2n) is 9.11. The van der Waals surface area contributed by atoms with Crippen molar-refractivity contribution in [3.05, 3.63) is 35.4 Å². The van der Waals surface area contributed by atoms with Gasteiger partial charge in [0.15, 0.2) is 0 Å².